The van der Waals surface area contributed by atoms with Gasteiger partial charge in [-0.05, 0) is 69.1 Å². The van der Waals surface area contributed by atoms with E-state index in [0.29, 0.717) is 0 Å². The maximum atomic E-state index is 2.42. The van der Waals surface area contributed by atoms with E-state index in [1.807, 2.05) is 0 Å². The zero-order valence-electron chi connectivity index (χ0n) is 26.2. The second-order valence-electron chi connectivity index (χ2n) is 12.7. The van der Waals surface area contributed by atoms with Crippen molar-refractivity contribution in [3.05, 3.63) is 59.7 Å². The zero-order valence-corrected chi connectivity index (χ0v) is 26.2. The number of benzene rings is 4. The van der Waals surface area contributed by atoms with Crippen LogP contribution in [0.15, 0.2) is 48.5 Å². The van der Waals surface area contributed by atoms with Crippen molar-refractivity contribution in [1.29, 1.82) is 0 Å². The summed E-state index contributed by atoms with van der Waals surface area (Å²) in [6.07, 6.45) is 30.5. The first-order valence-electron chi connectivity index (χ1n) is 17.5. The van der Waals surface area contributed by atoms with Crippen LogP contribution in [0.1, 0.15) is 153 Å². The van der Waals surface area contributed by atoms with Gasteiger partial charge in [-0.3, -0.25) is 0 Å². The van der Waals surface area contributed by atoms with Gasteiger partial charge in [0.1, 0.15) is 0 Å². The number of unbranched alkanes of at least 4 members (excludes halogenated alkanes) is 18. The molecule has 0 N–H and O–H groups in total. The second kappa shape index (κ2) is 17.7. The molecule has 0 aliphatic heterocycles. The van der Waals surface area contributed by atoms with Crippen LogP contribution in [0, 0.1) is 0 Å². The lowest BCUT2D eigenvalue weighted by Gasteiger charge is -2.16. The molecule has 0 heteroatoms. The molecule has 0 unspecified atom stereocenters. The molecular weight excluding hydrogens is 480 g/mol. The van der Waals surface area contributed by atoms with Crippen LogP contribution in [0.4, 0.5) is 0 Å². The molecule has 0 aromatic heterocycles. The number of hydrogen-bond acceptors (Lipinski definition) is 0. The molecule has 0 bridgehead atoms. The third-order valence-corrected chi connectivity index (χ3v) is 9.44. The third-order valence-electron chi connectivity index (χ3n) is 9.44. The van der Waals surface area contributed by atoms with Gasteiger partial charge in [-0.1, -0.05) is 178 Å². The van der Waals surface area contributed by atoms with Gasteiger partial charge >= 0.3 is 0 Å². The summed E-state index contributed by atoms with van der Waals surface area (Å²) < 4.78 is 0. The highest BCUT2D eigenvalue weighted by atomic mass is 14.2. The van der Waals surface area contributed by atoms with Gasteiger partial charge in [-0.2, -0.15) is 0 Å². The highest BCUT2D eigenvalue weighted by Gasteiger charge is 2.13. The van der Waals surface area contributed by atoms with Crippen LogP contribution >= 0.6 is 0 Å². The minimum Gasteiger partial charge on any atom is -0.0654 e. The first kappa shape index (κ1) is 30.9. The summed E-state index contributed by atoms with van der Waals surface area (Å²) in [7, 11) is 0. The molecule has 0 fully saturated rings. The molecule has 0 saturated heterocycles. The molecule has 0 heterocycles. The van der Waals surface area contributed by atoms with E-state index in [4.69, 9.17) is 0 Å². The van der Waals surface area contributed by atoms with Gasteiger partial charge in [0.05, 0.1) is 0 Å². The van der Waals surface area contributed by atoms with Gasteiger partial charge in [0.25, 0.3) is 0 Å². The van der Waals surface area contributed by atoms with Gasteiger partial charge < -0.3 is 0 Å². The maximum Gasteiger partial charge on any atom is -0.00239 e. The molecule has 0 radical (unpaired) electrons. The Balaban J connectivity index is 1.30. The average molecular weight is 539 g/mol. The van der Waals surface area contributed by atoms with E-state index in [2.05, 4.69) is 62.4 Å². The Morgan fingerprint density at radius 3 is 0.975 bits per heavy atom. The Bertz CT molecular complexity index is 1130. The van der Waals surface area contributed by atoms with Crippen molar-refractivity contribution in [3.8, 4) is 0 Å². The molecule has 0 aliphatic carbocycles. The van der Waals surface area contributed by atoms with Crippen molar-refractivity contribution in [2.75, 3.05) is 0 Å². The number of rotatable bonds is 22. The van der Waals surface area contributed by atoms with Gasteiger partial charge in [0.2, 0.25) is 0 Å². The van der Waals surface area contributed by atoms with Crippen molar-refractivity contribution < 1.29 is 0 Å². The Labute approximate surface area is 246 Å². The van der Waals surface area contributed by atoms with Crippen molar-refractivity contribution in [3.63, 3.8) is 0 Å². The molecular formula is C40H58. The van der Waals surface area contributed by atoms with E-state index in [9.17, 15) is 0 Å². The van der Waals surface area contributed by atoms with Crippen molar-refractivity contribution in [2.45, 2.75) is 155 Å². The van der Waals surface area contributed by atoms with Crippen LogP contribution in [0.3, 0.4) is 0 Å². The molecule has 40 heavy (non-hydrogen) atoms. The molecule has 0 nitrogen and oxygen atoms in total. The van der Waals surface area contributed by atoms with Gasteiger partial charge in [-0.15, -0.1) is 0 Å². The monoisotopic (exact) mass is 538 g/mol. The molecule has 4 aromatic carbocycles. The zero-order chi connectivity index (χ0) is 27.8. The van der Waals surface area contributed by atoms with Crippen molar-refractivity contribution >= 4 is 32.3 Å². The highest BCUT2D eigenvalue weighted by molar-refractivity contribution is 6.24. The maximum absolute atomic E-state index is 2.42. The topological polar surface area (TPSA) is 0 Å². The van der Waals surface area contributed by atoms with Crippen molar-refractivity contribution in [1.82, 2.24) is 0 Å². The van der Waals surface area contributed by atoms with Gasteiger partial charge in [-0.25, -0.2) is 0 Å². The van der Waals surface area contributed by atoms with Crippen LogP contribution in [-0.2, 0) is 12.8 Å². The van der Waals surface area contributed by atoms with Crippen LogP contribution in [-0.4, -0.2) is 0 Å². The van der Waals surface area contributed by atoms with E-state index < -0.39 is 0 Å². The minimum atomic E-state index is 1.22. The summed E-state index contributed by atoms with van der Waals surface area (Å²) in [5.74, 6) is 0. The summed E-state index contributed by atoms with van der Waals surface area (Å²) in [4.78, 5) is 0. The molecule has 0 saturated carbocycles. The SMILES string of the molecule is CCCCCCCCCCCCc1ccc2ccc3c(CCCCCCCCCCCC)ccc4ccc1c2c43. The minimum absolute atomic E-state index is 1.22. The van der Waals surface area contributed by atoms with E-state index in [1.54, 1.807) is 11.1 Å². The van der Waals surface area contributed by atoms with E-state index in [-0.39, 0.29) is 0 Å². The van der Waals surface area contributed by atoms with Gasteiger partial charge in [0.15, 0.2) is 0 Å². The summed E-state index contributed by atoms with van der Waals surface area (Å²) >= 11 is 0. The lowest BCUT2D eigenvalue weighted by Crippen LogP contribution is -1.94. The number of aryl methyl sites for hydroxylation is 2. The summed E-state index contributed by atoms with van der Waals surface area (Å²) in [5.41, 5.74) is 3.11. The molecule has 4 rings (SSSR count). The predicted octanol–water partition coefficient (Wildman–Crippen LogP) is 13.5. The summed E-state index contributed by atoms with van der Waals surface area (Å²) in [5, 5.41) is 8.87. The van der Waals surface area contributed by atoms with Gasteiger partial charge in [0, 0.05) is 0 Å². The first-order valence-corrected chi connectivity index (χ1v) is 17.5. The molecule has 0 aliphatic rings. The molecule has 0 amide bonds. The van der Waals surface area contributed by atoms with Crippen LogP contribution < -0.4 is 0 Å². The Morgan fingerprint density at radius 2 is 0.625 bits per heavy atom. The fraction of sp³-hybridized carbons (Fsp3) is 0.600. The quantitative estimate of drug-likeness (QED) is 0.0689. The smallest absolute Gasteiger partial charge is 0.00239 e. The van der Waals surface area contributed by atoms with Crippen molar-refractivity contribution in [2.24, 2.45) is 0 Å². The second-order valence-corrected chi connectivity index (χ2v) is 12.7. The molecule has 4 aromatic rings. The van der Waals surface area contributed by atoms with E-state index >= 15 is 0 Å². The fourth-order valence-electron chi connectivity index (χ4n) is 6.96. The average Bonchev–Trinajstić information content (AvgIpc) is 2.98. The van der Waals surface area contributed by atoms with E-state index in [0.717, 1.165) is 0 Å². The lowest BCUT2D eigenvalue weighted by atomic mass is 9.88. The fourth-order valence-corrected chi connectivity index (χ4v) is 6.96. The summed E-state index contributed by atoms with van der Waals surface area (Å²) in [6, 6.07) is 19.2. The van der Waals surface area contributed by atoms with E-state index in [1.165, 1.54) is 174 Å². The molecule has 0 spiro atoms. The Kier molecular flexibility index (Phi) is 13.6. The summed E-state index contributed by atoms with van der Waals surface area (Å²) in [6.45, 7) is 4.61. The first-order chi connectivity index (χ1) is 19.8. The standard InChI is InChI=1S/C40H58/c1-3-5-7-9-11-13-15-17-19-21-23-33-25-27-35-30-32-38-34(24-22-20-18-16-14-12-10-8-6-4-2)26-28-36-29-31-37(33)39(35)40(36)38/h25-32H,3-24H2,1-2H3. The lowest BCUT2D eigenvalue weighted by molar-refractivity contribution is 0.556. The third kappa shape index (κ3) is 8.96. The van der Waals surface area contributed by atoms with Crippen LogP contribution in [0.2, 0.25) is 0 Å². The predicted molar refractivity (Wildman–Crippen MR) is 181 cm³/mol. The van der Waals surface area contributed by atoms with Crippen LogP contribution in [0.25, 0.3) is 32.3 Å². The normalized spacial score (nSPS) is 11.9. The molecule has 218 valence electrons. The van der Waals surface area contributed by atoms with Crippen LogP contribution in [0.5, 0.6) is 0 Å². The molecule has 0 atom stereocenters. The Hall–Kier alpha value is -2.08. The largest absolute Gasteiger partial charge is 0.0654 e. The highest BCUT2D eigenvalue weighted by Crippen LogP contribution is 2.38. The number of hydrogen-bond donors (Lipinski definition) is 0. The Morgan fingerprint density at radius 1 is 0.325 bits per heavy atom.